The van der Waals surface area contributed by atoms with Gasteiger partial charge in [0.05, 0.1) is 6.54 Å². The number of carbonyl (C=O) groups excluding carboxylic acids is 4. The number of phenols is 1. The lowest BCUT2D eigenvalue weighted by molar-refractivity contribution is -0.143. The Morgan fingerprint density at radius 1 is 0.800 bits per heavy atom. The number of primary amides is 1. The number of rotatable bonds is 15. The second-order valence-electron chi connectivity index (χ2n) is 7.59. The maximum Gasteiger partial charge on any atom is 0.326 e. The van der Waals surface area contributed by atoms with E-state index in [4.69, 9.17) is 16.6 Å². The molecule has 1 rings (SSSR count). The molecular formula is C21H29N5O9. The Bertz CT molecular complexity index is 936. The first kappa shape index (κ1) is 28.8. The fraction of sp³-hybridized carbons (Fsp3) is 0.429. The van der Waals surface area contributed by atoms with E-state index in [2.05, 4.69) is 16.0 Å². The summed E-state index contributed by atoms with van der Waals surface area (Å²) in [6.07, 6.45) is -1.50. The van der Waals surface area contributed by atoms with E-state index in [1.54, 1.807) is 0 Å². The van der Waals surface area contributed by atoms with Crippen molar-refractivity contribution in [1.29, 1.82) is 0 Å². The second kappa shape index (κ2) is 14.1. The molecule has 0 saturated heterocycles. The summed E-state index contributed by atoms with van der Waals surface area (Å²) < 4.78 is 0. The van der Waals surface area contributed by atoms with E-state index < -0.39 is 73.1 Å². The van der Waals surface area contributed by atoms with E-state index in [1.165, 1.54) is 24.3 Å². The molecule has 0 aliphatic carbocycles. The highest BCUT2D eigenvalue weighted by Gasteiger charge is 2.30. The first-order valence-electron chi connectivity index (χ1n) is 10.5. The Kier molecular flexibility index (Phi) is 11.7. The van der Waals surface area contributed by atoms with Crippen LogP contribution in [0.15, 0.2) is 24.3 Å². The molecule has 14 nitrogen and oxygen atoms in total. The molecule has 4 amide bonds. The van der Waals surface area contributed by atoms with Gasteiger partial charge in [0.15, 0.2) is 0 Å². The van der Waals surface area contributed by atoms with E-state index in [1.807, 2.05) is 0 Å². The van der Waals surface area contributed by atoms with Gasteiger partial charge in [-0.25, -0.2) is 4.79 Å². The third kappa shape index (κ3) is 11.0. The van der Waals surface area contributed by atoms with Gasteiger partial charge in [0.25, 0.3) is 0 Å². The maximum absolute atomic E-state index is 12.9. The summed E-state index contributed by atoms with van der Waals surface area (Å²) in [6.45, 7) is -0.443. The zero-order chi connectivity index (χ0) is 26.5. The molecule has 0 heterocycles. The third-order valence-electron chi connectivity index (χ3n) is 4.79. The average Bonchev–Trinajstić information content (AvgIpc) is 2.79. The number of phenolic OH excluding ortho intramolecular Hbond substituents is 1. The molecule has 1 aromatic carbocycles. The molecule has 14 heteroatoms. The summed E-state index contributed by atoms with van der Waals surface area (Å²) in [5.74, 6) is -5.99. The number of aromatic hydroxyl groups is 1. The van der Waals surface area contributed by atoms with Crippen LogP contribution in [-0.2, 0) is 35.2 Å². The third-order valence-corrected chi connectivity index (χ3v) is 4.79. The molecule has 0 saturated carbocycles. The number of benzene rings is 1. The van der Waals surface area contributed by atoms with E-state index in [-0.39, 0.29) is 25.0 Å². The van der Waals surface area contributed by atoms with Gasteiger partial charge >= 0.3 is 11.9 Å². The van der Waals surface area contributed by atoms with Gasteiger partial charge in [-0.1, -0.05) is 12.1 Å². The van der Waals surface area contributed by atoms with Crippen molar-refractivity contribution in [3.8, 4) is 5.75 Å². The number of hydrogen-bond donors (Lipinski definition) is 8. The number of carbonyl (C=O) groups is 6. The van der Waals surface area contributed by atoms with Gasteiger partial charge in [-0.2, -0.15) is 0 Å². The van der Waals surface area contributed by atoms with E-state index in [9.17, 15) is 39.0 Å². The number of carboxylic acids is 2. The normalized spacial score (nSPS) is 13.1. The summed E-state index contributed by atoms with van der Waals surface area (Å²) in [7, 11) is 0. The molecular weight excluding hydrogens is 466 g/mol. The smallest absolute Gasteiger partial charge is 0.326 e. The van der Waals surface area contributed by atoms with E-state index in [0.717, 1.165) is 0 Å². The minimum atomic E-state index is -1.54. The highest BCUT2D eigenvalue weighted by molar-refractivity contribution is 5.94. The predicted octanol–water partition coefficient (Wildman–Crippen LogP) is -2.44. The topological polar surface area (TPSA) is 251 Å². The van der Waals surface area contributed by atoms with Crippen LogP contribution < -0.4 is 27.4 Å². The van der Waals surface area contributed by atoms with Crippen LogP contribution in [0.3, 0.4) is 0 Å². The number of nitrogens with one attached hydrogen (secondary N) is 3. The van der Waals surface area contributed by atoms with Gasteiger partial charge in [-0.15, -0.1) is 0 Å². The maximum atomic E-state index is 12.9. The summed E-state index contributed by atoms with van der Waals surface area (Å²) in [4.78, 5) is 70.9. The first-order valence-corrected chi connectivity index (χ1v) is 10.5. The van der Waals surface area contributed by atoms with Crippen molar-refractivity contribution in [3.63, 3.8) is 0 Å². The molecule has 35 heavy (non-hydrogen) atoms. The molecule has 10 N–H and O–H groups in total. The van der Waals surface area contributed by atoms with Gasteiger partial charge in [0.1, 0.15) is 23.9 Å². The SMILES string of the molecule is NCC(=O)NC(CCC(N)=O)C(=O)NC(Cc1ccc(O)cc1)C(=O)NC(CCC(=O)O)C(=O)O. The number of carboxylic acid groups (broad SMARTS) is 2. The van der Waals surface area contributed by atoms with Gasteiger partial charge in [0.2, 0.25) is 23.6 Å². The summed E-state index contributed by atoms with van der Waals surface area (Å²) in [5.41, 5.74) is 10.9. The van der Waals surface area contributed by atoms with Gasteiger partial charge < -0.3 is 42.7 Å². The Balaban J connectivity index is 3.12. The summed E-state index contributed by atoms with van der Waals surface area (Å²) in [6, 6.07) is 1.47. The Morgan fingerprint density at radius 2 is 1.34 bits per heavy atom. The molecule has 0 bridgehead atoms. The van der Waals surface area contributed by atoms with Gasteiger partial charge in [-0.3, -0.25) is 24.0 Å². The standard InChI is InChI=1S/C21H29N5O9/c22-10-17(29)24-13(5-7-16(23)28)19(32)26-15(9-11-1-3-12(27)4-2-11)20(33)25-14(21(34)35)6-8-18(30)31/h1-4,13-15,27H,5-10,22H2,(H2,23,28)(H,24,29)(H,25,33)(H,26,32)(H,30,31)(H,34,35). The zero-order valence-electron chi connectivity index (χ0n) is 18.7. The zero-order valence-corrected chi connectivity index (χ0v) is 18.7. The van der Waals surface area contributed by atoms with Crippen molar-refractivity contribution < 1.29 is 44.1 Å². The predicted molar refractivity (Wildman–Crippen MR) is 120 cm³/mol. The summed E-state index contributed by atoms with van der Waals surface area (Å²) >= 11 is 0. The molecule has 0 spiro atoms. The van der Waals surface area contributed by atoms with Crippen LogP contribution in [0.4, 0.5) is 0 Å². The number of nitrogens with two attached hydrogens (primary N) is 2. The minimum Gasteiger partial charge on any atom is -0.508 e. The van der Waals surface area contributed by atoms with Crippen molar-refractivity contribution in [3.05, 3.63) is 29.8 Å². The van der Waals surface area contributed by atoms with Crippen molar-refractivity contribution in [1.82, 2.24) is 16.0 Å². The summed E-state index contributed by atoms with van der Waals surface area (Å²) in [5, 5.41) is 34.5. The minimum absolute atomic E-state index is 0.0468. The lowest BCUT2D eigenvalue weighted by Crippen LogP contribution is -2.57. The van der Waals surface area contributed by atoms with Crippen LogP contribution in [0.2, 0.25) is 0 Å². The highest BCUT2D eigenvalue weighted by Crippen LogP contribution is 2.12. The first-order chi connectivity index (χ1) is 16.4. The van der Waals surface area contributed by atoms with Crippen LogP contribution in [0.1, 0.15) is 31.2 Å². The van der Waals surface area contributed by atoms with E-state index >= 15 is 0 Å². The van der Waals surface area contributed by atoms with Gasteiger partial charge in [0, 0.05) is 19.3 Å². The molecule has 0 aliphatic rings. The molecule has 0 radical (unpaired) electrons. The fourth-order valence-corrected chi connectivity index (χ4v) is 2.96. The molecule has 1 aromatic rings. The quantitative estimate of drug-likeness (QED) is 0.128. The molecule has 3 atom stereocenters. The Labute approximate surface area is 200 Å². The van der Waals surface area contributed by atoms with Crippen molar-refractivity contribution in [2.75, 3.05) is 6.54 Å². The van der Waals surface area contributed by atoms with E-state index in [0.29, 0.717) is 5.56 Å². The van der Waals surface area contributed by atoms with Crippen molar-refractivity contribution in [2.45, 2.75) is 50.2 Å². The number of aliphatic carboxylic acids is 2. The molecule has 0 aliphatic heterocycles. The van der Waals surface area contributed by atoms with Crippen molar-refractivity contribution >= 4 is 35.6 Å². The van der Waals surface area contributed by atoms with Crippen LogP contribution in [-0.4, -0.2) is 75.6 Å². The lowest BCUT2D eigenvalue weighted by Gasteiger charge is -2.24. The van der Waals surface area contributed by atoms with Crippen LogP contribution in [0, 0.1) is 0 Å². The average molecular weight is 495 g/mol. The number of amides is 4. The molecule has 3 unspecified atom stereocenters. The van der Waals surface area contributed by atoms with Gasteiger partial charge in [-0.05, 0) is 30.5 Å². The monoisotopic (exact) mass is 495 g/mol. The number of hydrogen-bond acceptors (Lipinski definition) is 8. The Morgan fingerprint density at radius 3 is 1.86 bits per heavy atom. The molecule has 192 valence electrons. The largest absolute Gasteiger partial charge is 0.508 e. The van der Waals surface area contributed by atoms with Crippen LogP contribution in [0.25, 0.3) is 0 Å². The Hall–Kier alpha value is -4.20. The second-order valence-corrected chi connectivity index (χ2v) is 7.59. The van der Waals surface area contributed by atoms with Crippen LogP contribution >= 0.6 is 0 Å². The molecule has 0 aromatic heterocycles. The fourth-order valence-electron chi connectivity index (χ4n) is 2.96. The molecule has 0 fully saturated rings. The highest BCUT2D eigenvalue weighted by atomic mass is 16.4. The van der Waals surface area contributed by atoms with Crippen molar-refractivity contribution in [2.24, 2.45) is 11.5 Å². The van der Waals surface area contributed by atoms with Crippen LogP contribution in [0.5, 0.6) is 5.75 Å². The lowest BCUT2D eigenvalue weighted by atomic mass is 10.0.